The first-order chi connectivity index (χ1) is 8.71. The van der Waals surface area contributed by atoms with E-state index < -0.39 is 0 Å². The van der Waals surface area contributed by atoms with E-state index in [0.717, 1.165) is 25.6 Å². The predicted molar refractivity (Wildman–Crippen MR) is 75.6 cm³/mol. The Morgan fingerprint density at radius 1 is 1.33 bits per heavy atom. The number of hydrogen-bond acceptors (Lipinski definition) is 3. The molecule has 0 saturated heterocycles. The van der Waals surface area contributed by atoms with Gasteiger partial charge in [0.2, 0.25) is 0 Å². The summed E-state index contributed by atoms with van der Waals surface area (Å²) >= 11 is 0. The molecule has 0 aromatic carbocycles. The lowest BCUT2D eigenvalue weighted by molar-refractivity contribution is 0.0759. The maximum absolute atomic E-state index is 6.08. The van der Waals surface area contributed by atoms with Crippen LogP contribution in [0.1, 0.15) is 45.4 Å². The quantitative estimate of drug-likeness (QED) is 0.722. The minimum absolute atomic E-state index is 0.400. The average Bonchev–Trinajstić information content (AvgIpc) is 3.14. The van der Waals surface area contributed by atoms with E-state index in [-0.39, 0.29) is 0 Å². The van der Waals surface area contributed by atoms with Crippen molar-refractivity contribution in [2.45, 2.75) is 51.5 Å². The van der Waals surface area contributed by atoms with Gasteiger partial charge in [0, 0.05) is 26.2 Å². The lowest BCUT2D eigenvalue weighted by Gasteiger charge is -2.38. The monoisotopic (exact) mass is 254 g/mol. The number of ether oxygens (including phenoxy) is 1. The van der Waals surface area contributed by atoms with Crippen LogP contribution in [0.2, 0.25) is 0 Å². The topological polar surface area (TPSA) is 38.5 Å². The molecule has 0 aromatic heterocycles. The number of nitrogens with two attached hydrogens (primary N) is 1. The van der Waals surface area contributed by atoms with Crippen molar-refractivity contribution in [3.05, 3.63) is 0 Å². The molecule has 0 heterocycles. The first kappa shape index (κ1) is 14.3. The molecular weight excluding hydrogens is 224 g/mol. The largest absolute Gasteiger partial charge is 0.383 e. The Morgan fingerprint density at radius 3 is 2.50 bits per heavy atom. The van der Waals surface area contributed by atoms with Crippen molar-refractivity contribution in [2.24, 2.45) is 17.1 Å². The Labute approximate surface area is 112 Å². The van der Waals surface area contributed by atoms with Crippen molar-refractivity contribution in [1.29, 1.82) is 0 Å². The zero-order valence-electron chi connectivity index (χ0n) is 12.2. The molecule has 106 valence electrons. The molecule has 0 amide bonds. The second-order valence-corrected chi connectivity index (χ2v) is 6.45. The van der Waals surface area contributed by atoms with Gasteiger partial charge in [-0.05, 0) is 50.5 Å². The smallest absolute Gasteiger partial charge is 0.0589 e. The third kappa shape index (κ3) is 3.46. The molecule has 0 aromatic rings. The fraction of sp³-hybridized carbons (Fsp3) is 1.00. The van der Waals surface area contributed by atoms with Crippen LogP contribution in [0.5, 0.6) is 0 Å². The molecule has 1 unspecified atom stereocenters. The van der Waals surface area contributed by atoms with E-state index in [1.807, 2.05) is 0 Å². The van der Waals surface area contributed by atoms with Gasteiger partial charge < -0.3 is 10.5 Å². The van der Waals surface area contributed by atoms with E-state index in [0.29, 0.717) is 11.5 Å². The van der Waals surface area contributed by atoms with E-state index in [4.69, 9.17) is 10.5 Å². The van der Waals surface area contributed by atoms with Crippen molar-refractivity contribution in [3.8, 4) is 0 Å². The second-order valence-electron chi connectivity index (χ2n) is 6.45. The lowest BCUT2D eigenvalue weighted by atomic mass is 9.85. The lowest BCUT2D eigenvalue weighted by Crippen LogP contribution is -2.46. The maximum atomic E-state index is 6.08. The summed E-state index contributed by atoms with van der Waals surface area (Å²) < 4.78 is 5.28. The Hall–Kier alpha value is -0.120. The number of methoxy groups -OCH3 is 1. The third-order valence-corrected chi connectivity index (χ3v) is 5.10. The highest BCUT2D eigenvalue weighted by molar-refractivity contribution is 4.92. The number of hydrogen-bond donors (Lipinski definition) is 1. The summed E-state index contributed by atoms with van der Waals surface area (Å²) in [5.74, 6) is 0.929. The van der Waals surface area contributed by atoms with Crippen molar-refractivity contribution in [3.63, 3.8) is 0 Å². The molecule has 2 N–H and O–H groups in total. The summed E-state index contributed by atoms with van der Waals surface area (Å²) in [6.45, 7) is 6.35. The molecule has 2 aliphatic rings. The molecular formula is C15H30N2O. The van der Waals surface area contributed by atoms with Crippen molar-refractivity contribution < 1.29 is 4.74 Å². The maximum Gasteiger partial charge on any atom is 0.0589 e. The molecule has 0 radical (unpaired) electrons. The molecule has 0 aliphatic heterocycles. The summed E-state index contributed by atoms with van der Waals surface area (Å²) in [5.41, 5.74) is 6.48. The van der Waals surface area contributed by atoms with Gasteiger partial charge in [0.25, 0.3) is 0 Å². The standard InChI is InChI=1S/C15H30N2O/c1-13(14-5-6-14)17(9-10-18-2)12-15(11-16)7-3-4-8-15/h13-14H,3-12,16H2,1-2H3. The molecule has 2 saturated carbocycles. The fourth-order valence-electron chi connectivity index (χ4n) is 3.49. The normalized spacial score (nSPS) is 24.7. The van der Waals surface area contributed by atoms with Crippen LogP contribution >= 0.6 is 0 Å². The summed E-state index contributed by atoms with van der Waals surface area (Å²) in [7, 11) is 1.80. The van der Waals surface area contributed by atoms with Crippen molar-refractivity contribution >= 4 is 0 Å². The van der Waals surface area contributed by atoms with Gasteiger partial charge in [0.05, 0.1) is 6.61 Å². The van der Waals surface area contributed by atoms with Gasteiger partial charge in [-0.15, -0.1) is 0 Å². The van der Waals surface area contributed by atoms with Crippen LogP contribution in [0, 0.1) is 11.3 Å². The Bertz CT molecular complexity index is 247. The number of nitrogens with zero attached hydrogens (tertiary/aromatic N) is 1. The molecule has 1 atom stereocenters. The molecule has 0 spiro atoms. The van der Waals surface area contributed by atoms with Gasteiger partial charge in [-0.25, -0.2) is 0 Å². The van der Waals surface area contributed by atoms with Crippen LogP contribution in [0.4, 0.5) is 0 Å². The van der Waals surface area contributed by atoms with Crippen LogP contribution in [-0.4, -0.2) is 44.3 Å². The molecule has 3 heteroatoms. The average molecular weight is 254 g/mol. The Balaban J connectivity index is 1.93. The first-order valence-electron chi connectivity index (χ1n) is 7.64. The summed E-state index contributed by atoms with van der Waals surface area (Å²) in [4.78, 5) is 2.65. The summed E-state index contributed by atoms with van der Waals surface area (Å²) in [5, 5.41) is 0. The molecule has 2 aliphatic carbocycles. The first-order valence-corrected chi connectivity index (χ1v) is 7.64. The van der Waals surface area contributed by atoms with Gasteiger partial charge in [-0.3, -0.25) is 4.90 Å². The minimum Gasteiger partial charge on any atom is -0.383 e. The molecule has 3 nitrogen and oxygen atoms in total. The summed E-state index contributed by atoms with van der Waals surface area (Å²) in [6.07, 6.45) is 8.22. The minimum atomic E-state index is 0.400. The third-order valence-electron chi connectivity index (χ3n) is 5.10. The highest BCUT2D eigenvalue weighted by Gasteiger charge is 2.38. The number of rotatable bonds is 8. The second kappa shape index (κ2) is 6.36. The van der Waals surface area contributed by atoms with Gasteiger partial charge in [0.1, 0.15) is 0 Å². The Morgan fingerprint density at radius 2 is 2.00 bits per heavy atom. The van der Waals surface area contributed by atoms with Gasteiger partial charge in [-0.2, -0.15) is 0 Å². The van der Waals surface area contributed by atoms with Gasteiger partial charge >= 0.3 is 0 Å². The fourth-order valence-corrected chi connectivity index (χ4v) is 3.49. The van der Waals surface area contributed by atoms with Crippen LogP contribution < -0.4 is 5.73 Å². The zero-order valence-corrected chi connectivity index (χ0v) is 12.2. The van der Waals surface area contributed by atoms with E-state index in [9.17, 15) is 0 Å². The highest BCUT2D eigenvalue weighted by atomic mass is 16.5. The van der Waals surface area contributed by atoms with Gasteiger partial charge in [0.15, 0.2) is 0 Å². The van der Waals surface area contributed by atoms with Gasteiger partial charge in [-0.1, -0.05) is 12.8 Å². The van der Waals surface area contributed by atoms with Crippen molar-refractivity contribution in [2.75, 3.05) is 33.4 Å². The van der Waals surface area contributed by atoms with E-state index >= 15 is 0 Å². The van der Waals surface area contributed by atoms with Crippen LogP contribution in [-0.2, 0) is 4.74 Å². The Kier molecular flexibility index (Phi) is 5.05. The molecule has 0 bridgehead atoms. The molecule has 2 fully saturated rings. The van der Waals surface area contributed by atoms with Crippen LogP contribution in [0.15, 0.2) is 0 Å². The molecule has 2 rings (SSSR count). The van der Waals surface area contributed by atoms with E-state index in [1.165, 1.54) is 45.1 Å². The predicted octanol–water partition coefficient (Wildman–Crippen LogP) is 2.25. The van der Waals surface area contributed by atoms with Crippen LogP contribution in [0.25, 0.3) is 0 Å². The molecule has 18 heavy (non-hydrogen) atoms. The van der Waals surface area contributed by atoms with Crippen molar-refractivity contribution in [1.82, 2.24) is 4.90 Å². The van der Waals surface area contributed by atoms with Crippen LogP contribution in [0.3, 0.4) is 0 Å². The summed E-state index contributed by atoms with van der Waals surface area (Å²) in [6, 6.07) is 0.712. The highest BCUT2D eigenvalue weighted by Crippen LogP contribution is 2.41. The van der Waals surface area contributed by atoms with E-state index in [1.54, 1.807) is 7.11 Å². The zero-order chi connectivity index (χ0) is 13.0. The SMILES string of the molecule is COCCN(CC1(CN)CCCC1)C(C)C1CC1. The van der Waals surface area contributed by atoms with E-state index in [2.05, 4.69) is 11.8 Å².